The Bertz CT molecular complexity index is 1450. The maximum absolute atomic E-state index is 12.4. The zero-order valence-corrected chi connectivity index (χ0v) is 25.2. The van der Waals surface area contributed by atoms with Crippen molar-refractivity contribution in [3.05, 3.63) is 56.3 Å². The minimum absolute atomic E-state index is 0.243. The minimum atomic E-state index is -1.05. The molecule has 0 spiro atoms. The average molecular weight is 591 g/mol. The van der Waals surface area contributed by atoms with Gasteiger partial charge in [-0.2, -0.15) is 9.97 Å². The van der Waals surface area contributed by atoms with E-state index in [1.54, 1.807) is 0 Å². The zero-order valence-electron chi connectivity index (χ0n) is 25.2. The Balaban J connectivity index is 1.18. The summed E-state index contributed by atoms with van der Waals surface area (Å²) in [5.41, 5.74) is 0.786. The van der Waals surface area contributed by atoms with Crippen molar-refractivity contribution in [2.75, 3.05) is 65.0 Å². The fraction of sp³-hybridized carbons (Fsp3) is 0.516. The van der Waals surface area contributed by atoms with Crippen LogP contribution in [0.15, 0.2) is 39.9 Å². The number of nitrogens with one attached hydrogen (secondary N) is 4. The maximum Gasteiger partial charge on any atom is 0.404 e. The standard InChI is InChI=1S/C31H42N8O4/c1-31(2,3)22(35-30(42)43)18-20-8-10-21(11-9-20)34-26-25(27(40)28(26)41)33-13-12-32-23-19-24(38-14-4-5-15-38)37-29(36-23)39-16-6-7-17-39/h8-11,19,22,33-35H,4-7,12-18H2,1-3H3,(H,42,43)(H,32,36,37). The highest BCUT2D eigenvalue weighted by molar-refractivity contribution is 5.78. The molecule has 1 aromatic heterocycles. The first kappa shape index (κ1) is 30.1. The molecule has 12 nitrogen and oxygen atoms in total. The van der Waals surface area contributed by atoms with E-state index in [2.05, 4.69) is 31.1 Å². The molecule has 2 aliphatic heterocycles. The smallest absolute Gasteiger partial charge is 0.404 e. The number of carbonyl (C=O) groups is 1. The predicted octanol–water partition coefficient (Wildman–Crippen LogP) is 3.77. The SMILES string of the molecule is CC(C)(C)C(Cc1ccc(Nc2c(NCCNc3cc(N4CCCC4)nc(N4CCCC4)n3)c(=O)c2=O)cc1)NC(=O)O. The van der Waals surface area contributed by atoms with Gasteiger partial charge < -0.3 is 36.2 Å². The van der Waals surface area contributed by atoms with E-state index in [4.69, 9.17) is 9.97 Å². The van der Waals surface area contributed by atoms with E-state index in [0.717, 1.165) is 62.2 Å². The highest BCUT2D eigenvalue weighted by atomic mass is 16.4. The van der Waals surface area contributed by atoms with Crippen molar-refractivity contribution in [3.8, 4) is 0 Å². The number of nitrogens with zero attached hydrogens (tertiary/aromatic N) is 4. The van der Waals surface area contributed by atoms with Gasteiger partial charge in [-0.3, -0.25) is 9.59 Å². The third-order valence-corrected chi connectivity index (χ3v) is 8.17. The lowest BCUT2D eigenvalue weighted by atomic mass is 9.83. The number of aromatic nitrogens is 2. The summed E-state index contributed by atoms with van der Waals surface area (Å²) in [7, 11) is 0. The topological polar surface area (TPSA) is 152 Å². The zero-order chi connectivity index (χ0) is 30.6. The van der Waals surface area contributed by atoms with Crippen molar-refractivity contribution in [3.63, 3.8) is 0 Å². The van der Waals surface area contributed by atoms with Gasteiger partial charge in [-0.05, 0) is 55.2 Å². The van der Waals surface area contributed by atoms with Crippen LogP contribution in [0.25, 0.3) is 0 Å². The van der Waals surface area contributed by atoms with Gasteiger partial charge in [0.25, 0.3) is 10.9 Å². The number of amides is 1. The third-order valence-electron chi connectivity index (χ3n) is 8.17. The minimum Gasteiger partial charge on any atom is -0.465 e. The molecule has 43 heavy (non-hydrogen) atoms. The Morgan fingerprint density at radius 3 is 2.12 bits per heavy atom. The molecule has 0 bridgehead atoms. The number of anilines is 6. The van der Waals surface area contributed by atoms with Gasteiger partial charge in [0.1, 0.15) is 23.0 Å². The maximum atomic E-state index is 12.4. The van der Waals surface area contributed by atoms with Crippen LogP contribution in [-0.4, -0.2) is 66.5 Å². The predicted molar refractivity (Wildman–Crippen MR) is 171 cm³/mol. The van der Waals surface area contributed by atoms with E-state index >= 15 is 0 Å². The van der Waals surface area contributed by atoms with Gasteiger partial charge in [0, 0.05) is 57.1 Å². The molecule has 3 aromatic rings. The molecule has 2 saturated heterocycles. The molecule has 230 valence electrons. The van der Waals surface area contributed by atoms with Crippen LogP contribution in [0, 0.1) is 5.41 Å². The largest absolute Gasteiger partial charge is 0.465 e. The van der Waals surface area contributed by atoms with Gasteiger partial charge in [0.15, 0.2) is 0 Å². The highest BCUT2D eigenvalue weighted by Crippen LogP contribution is 2.27. The summed E-state index contributed by atoms with van der Waals surface area (Å²) in [5, 5.41) is 21.4. The molecule has 5 N–H and O–H groups in total. The lowest BCUT2D eigenvalue weighted by Gasteiger charge is -2.30. The summed E-state index contributed by atoms with van der Waals surface area (Å²) in [5.74, 6) is 2.44. The molecule has 2 aliphatic rings. The van der Waals surface area contributed by atoms with Crippen LogP contribution in [0.5, 0.6) is 0 Å². The molecule has 1 amide bonds. The molecule has 0 aliphatic carbocycles. The quantitative estimate of drug-likeness (QED) is 0.155. The number of benzene rings is 1. The molecular weight excluding hydrogens is 548 g/mol. The van der Waals surface area contributed by atoms with Gasteiger partial charge >= 0.3 is 6.09 Å². The third kappa shape index (κ3) is 7.36. The molecule has 1 atom stereocenters. The Hall–Kier alpha value is -4.35. The lowest BCUT2D eigenvalue weighted by molar-refractivity contribution is 0.174. The summed E-state index contributed by atoms with van der Waals surface area (Å²) in [6.45, 7) is 10.8. The van der Waals surface area contributed by atoms with Crippen molar-refractivity contribution in [1.29, 1.82) is 0 Å². The molecule has 5 rings (SSSR count). The fourth-order valence-corrected chi connectivity index (χ4v) is 5.56. The van der Waals surface area contributed by atoms with Gasteiger partial charge in [-0.1, -0.05) is 32.9 Å². The van der Waals surface area contributed by atoms with Gasteiger partial charge in [0.2, 0.25) is 5.95 Å². The van der Waals surface area contributed by atoms with Crippen molar-refractivity contribution in [2.24, 2.45) is 5.41 Å². The molecule has 0 saturated carbocycles. The van der Waals surface area contributed by atoms with Gasteiger partial charge in [0.05, 0.1) is 0 Å². The summed E-state index contributed by atoms with van der Waals surface area (Å²) in [6.07, 6.45) is 4.11. The number of hydrogen-bond donors (Lipinski definition) is 5. The van der Waals surface area contributed by atoms with Crippen molar-refractivity contribution in [1.82, 2.24) is 15.3 Å². The normalized spacial score (nSPS) is 16.0. The second kappa shape index (κ2) is 12.9. The van der Waals surface area contributed by atoms with Crippen LogP contribution < -0.4 is 41.9 Å². The molecule has 2 fully saturated rings. The fourth-order valence-electron chi connectivity index (χ4n) is 5.56. The van der Waals surface area contributed by atoms with Crippen LogP contribution in [0.2, 0.25) is 0 Å². The number of carboxylic acid groups (broad SMARTS) is 1. The van der Waals surface area contributed by atoms with Gasteiger partial charge in [-0.15, -0.1) is 0 Å². The first-order chi connectivity index (χ1) is 20.6. The van der Waals surface area contributed by atoms with Gasteiger partial charge in [-0.25, -0.2) is 4.79 Å². The van der Waals surface area contributed by atoms with E-state index in [1.165, 1.54) is 12.8 Å². The van der Waals surface area contributed by atoms with Crippen molar-refractivity contribution in [2.45, 2.75) is 58.9 Å². The number of hydrogen-bond acceptors (Lipinski definition) is 10. The molecule has 12 heteroatoms. The Morgan fingerprint density at radius 2 is 1.49 bits per heavy atom. The van der Waals surface area contributed by atoms with E-state index < -0.39 is 17.0 Å². The second-order valence-electron chi connectivity index (χ2n) is 12.5. The van der Waals surface area contributed by atoms with Crippen LogP contribution in [0.1, 0.15) is 52.0 Å². The van der Waals surface area contributed by atoms with E-state index in [9.17, 15) is 19.5 Å². The Labute approximate surface area is 251 Å². The van der Waals surface area contributed by atoms with Crippen LogP contribution in [0.4, 0.5) is 39.4 Å². The van der Waals surface area contributed by atoms with Crippen molar-refractivity contribution < 1.29 is 9.90 Å². The molecular formula is C31H42N8O4. The lowest BCUT2D eigenvalue weighted by Crippen LogP contribution is -2.44. The van der Waals surface area contributed by atoms with E-state index in [-0.39, 0.29) is 22.8 Å². The average Bonchev–Trinajstić information content (AvgIpc) is 3.71. The highest BCUT2D eigenvalue weighted by Gasteiger charge is 2.27. The monoisotopic (exact) mass is 590 g/mol. The Kier molecular flexibility index (Phi) is 9.02. The van der Waals surface area contributed by atoms with Crippen LogP contribution >= 0.6 is 0 Å². The second-order valence-corrected chi connectivity index (χ2v) is 12.5. The van der Waals surface area contributed by atoms with E-state index in [1.807, 2.05) is 51.1 Å². The summed E-state index contributed by atoms with van der Waals surface area (Å²) in [6, 6.07) is 9.15. The molecule has 2 aromatic carbocycles. The summed E-state index contributed by atoms with van der Waals surface area (Å²) >= 11 is 0. The Morgan fingerprint density at radius 1 is 0.884 bits per heavy atom. The number of rotatable bonds is 12. The summed E-state index contributed by atoms with van der Waals surface area (Å²) < 4.78 is 0. The molecule has 3 heterocycles. The molecule has 0 radical (unpaired) electrons. The van der Waals surface area contributed by atoms with Crippen molar-refractivity contribution >= 4 is 40.7 Å². The summed E-state index contributed by atoms with van der Waals surface area (Å²) in [4.78, 5) is 50.1. The van der Waals surface area contributed by atoms with Crippen LogP contribution in [0.3, 0.4) is 0 Å². The first-order valence-corrected chi connectivity index (χ1v) is 15.1. The van der Waals surface area contributed by atoms with E-state index in [0.29, 0.717) is 25.2 Å². The first-order valence-electron chi connectivity index (χ1n) is 15.1. The van der Waals surface area contributed by atoms with Crippen LogP contribution in [-0.2, 0) is 6.42 Å². The molecule has 1 unspecified atom stereocenters.